The molecule has 11 heavy (non-hydrogen) atoms. The highest BCUT2D eigenvalue weighted by molar-refractivity contribution is 5.01. The maximum absolute atomic E-state index is 9.51. The SMILES string of the molecule is CC(C)(C)C1CC(O)C1(C)C. The molecule has 1 N–H and O–H groups in total. The van der Waals surface area contributed by atoms with Gasteiger partial charge in [0.2, 0.25) is 0 Å². The van der Waals surface area contributed by atoms with Crippen LogP contribution in [0.5, 0.6) is 0 Å². The second-order valence-electron chi connectivity index (χ2n) is 5.49. The third-order valence-electron chi connectivity index (χ3n) is 3.26. The van der Waals surface area contributed by atoms with Gasteiger partial charge in [0.15, 0.2) is 0 Å². The molecule has 1 fully saturated rings. The molecule has 1 nitrogen and oxygen atoms in total. The van der Waals surface area contributed by atoms with E-state index < -0.39 is 0 Å². The first kappa shape index (κ1) is 9.05. The van der Waals surface area contributed by atoms with Crippen LogP contribution in [0.15, 0.2) is 0 Å². The lowest BCUT2D eigenvalue weighted by Gasteiger charge is -2.55. The Morgan fingerprint density at radius 2 is 1.73 bits per heavy atom. The first-order valence-electron chi connectivity index (χ1n) is 4.44. The van der Waals surface area contributed by atoms with Crippen molar-refractivity contribution in [2.45, 2.75) is 47.1 Å². The minimum Gasteiger partial charge on any atom is -0.393 e. The molecule has 1 saturated carbocycles. The van der Waals surface area contributed by atoms with Crippen molar-refractivity contribution in [3.8, 4) is 0 Å². The summed E-state index contributed by atoms with van der Waals surface area (Å²) in [6.07, 6.45) is 0.906. The molecule has 0 heterocycles. The Morgan fingerprint density at radius 3 is 1.82 bits per heavy atom. The lowest BCUT2D eigenvalue weighted by Crippen LogP contribution is -2.54. The van der Waals surface area contributed by atoms with E-state index in [1.807, 2.05) is 0 Å². The summed E-state index contributed by atoms with van der Waals surface area (Å²) in [4.78, 5) is 0. The van der Waals surface area contributed by atoms with Gasteiger partial charge in [-0.05, 0) is 23.2 Å². The summed E-state index contributed by atoms with van der Waals surface area (Å²) >= 11 is 0. The molecule has 2 atom stereocenters. The van der Waals surface area contributed by atoms with E-state index in [1.54, 1.807) is 0 Å². The van der Waals surface area contributed by atoms with Crippen LogP contribution in [-0.2, 0) is 0 Å². The van der Waals surface area contributed by atoms with Gasteiger partial charge >= 0.3 is 0 Å². The van der Waals surface area contributed by atoms with E-state index in [-0.39, 0.29) is 11.5 Å². The molecular weight excluding hydrogens is 136 g/mol. The Morgan fingerprint density at radius 1 is 1.27 bits per heavy atom. The summed E-state index contributed by atoms with van der Waals surface area (Å²) in [5.74, 6) is 0.671. The van der Waals surface area contributed by atoms with E-state index in [0.717, 1.165) is 6.42 Å². The molecule has 0 aromatic heterocycles. The largest absolute Gasteiger partial charge is 0.393 e. The van der Waals surface area contributed by atoms with Gasteiger partial charge in [-0.25, -0.2) is 0 Å². The van der Waals surface area contributed by atoms with Crippen molar-refractivity contribution in [3.05, 3.63) is 0 Å². The van der Waals surface area contributed by atoms with Gasteiger partial charge in [0.25, 0.3) is 0 Å². The molecule has 0 spiro atoms. The molecule has 1 rings (SSSR count). The summed E-state index contributed by atoms with van der Waals surface area (Å²) in [5.41, 5.74) is 0.487. The van der Waals surface area contributed by atoms with Crippen LogP contribution in [0.3, 0.4) is 0 Å². The van der Waals surface area contributed by atoms with Gasteiger partial charge < -0.3 is 5.11 Å². The van der Waals surface area contributed by atoms with E-state index >= 15 is 0 Å². The summed E-state index contributed by atoms with van der Waals surface area (Å²) in [5, 5.41) is 9.51. The van der Waals surface area contributed by atoms with E-state index in [4.69, 9.17) is 0 Å². The topological polar surface area (TPSA) is 20.2 Å². The zero-order valence-corrected chi connectivity index (χ0v) is 8.31. The summed E-state index contributed by atoms with van der Waals surface area (Å²) in [6.45, 7) is 11.1. The predicted octanol–water partition coefficient (Wildman–Crippen LogP) is 2.44. The van der Waals surface area contributed by atoms with E-state index in [0.29, 0.717) is 11.3 Å². The molecule has 0 aromatic carbocycles. The van der Waals surface area contributed by atoms with Crippen LogP contribution in [0, 0.1) is 16.7 Å². The van der Waals surface area contributed by atoms with Crippen LogP contribution in [-0.4, -0.2) is 11.2 Å². The summed E-state index contributed by atoms with van der Waals surface area (Å²) in [7, 11) is 0. The standard InChI is InChI=1S/C10H20O/c1-9(2,3)7-6-8(11)10(7,4)5/h7-8,11H,6H2,1-5H3. The highest BCUT2D eigenvalue weighted by atomic mass is 16.3. The lowest BCUT2D eigenvalue weighted by atomic mass is 9.52. The Bertz CT molecular complexity index is 153. The second-order valence-corrected chi connectivity index (χ2v) is 5.49. The predicted molar refractivity (Wildman–Crippen MR) is 47.3 cm³/mol. The molecule has 0 saturated heterocycles. The van der Waals surface area contributed by atoms with Crippen LogP contribution in [0.4, 0.5) is 0 Å². The van der Waals surface area contributed by atoms with Crippen LogP contribution >= 0.6 is 0 Å². The molecular formula is C10H20O. The summed E-state index contributed by atoms with van der Waals surface area (Å²) < 4.78 is 0. The summed E-state index contributed by atoms with van der Waals surface area (Å²) in [6, 6.07) is 0. The van der Waals surface area contributed by atoms with Crippen LogP contribution in [0.2, 0.25) is 0 Å². The average molecular weight is 156 g/mol. The molecule has 1 heteroatoms. The fourth-order valence-electron chi connectivity index (χ4n) is 2.37. The van der Waals surface area contributed by atoms with Crippen LogP contribution < -0.4 is 0 Å². The molecule has 0 aromatic rings. The van der Waals surface area contributed by atoms with E-state index in [1.165, 1.54) is 0 Å². The number of aliphatic hydroxyl groups excluding tert-OH is 1. The molecule has 2 unspecified atom stereocenters. The van der Waals surface area contributed by atoms with Gasteiger partial charge in [-0.3, -0.25) is 0 Å². The Labute approximate surface area is 69.8 Å². The van der Waals surface area contributed by atoms with Gasteiger partial charge in [-0.15, -0.1) is 0 Å². The monoisotopic (exact) mass is 156 g/mol. The first-order chi connectivity index (χ1) is 4.76. The zero-order valence-electron chi connectivity index (χ0n) is 8.31. The second kappa shape index (κ2) is 2.22. The Hall–Kier alpha value is -0.0400. The van der Waals surface area contributed by atoms with Crippen molar-refractivity contribution < 1.29 is 5.11 Å². The highest BCUT2D eigenvalue weighted by Gasteiger charge is 2.51. The zero-order chi connectivity index (χ0) is 8.86. The maximum atomic E-state index is 9.51. The van der Waals surface area contributed by atoms with E-state index in [2.05, 4.69) is 34.6 Å². The van der Waals surface area contributed by atoms with Crippen molar-refractivity contribution in [2.24, 2.45) is 16.7 Å². The quantitative estimate of drug-likeness (QED) is 0.571. The first-order valence-corrected chi connectivity index (χ1v) is 4.44. The maximum Gasteiger partial charge on any atom is 0.0597 e. The number of hydrogen-bond acceptors (Lipinski definition) is 1. The normalized spacial score (nSPS) is 36.5. The number of rotatable bonds is 0. The van der Waals surface area contributed by atoms with Gasteiger partial charge in [0.1, 0.15) is 0 Å². The fourth-order valence-corrected chi connectivity index (χ4v) is 2.37. The minimum absolute atomic E-state index is 0.0771. The average Bonchev–Trinajstić information content (AvgIpc) is 1.80. The fraction of sp³-hybridized carbons (Fsp3) is 1.00. The van der Waals surface area contributed by atoms with Crippen molar-refractivity contribution in [1.29, 1.82) is 0 Å². The smallest absolute Gasteiger partial charge is 0.0597 e. The molecule has 0 amide bonds. The molecule has 1 aliphatic rings. The molecule has 0 radical (unpaired) electrons. The van der Waals surface area contributed by atoms with Crippen molar-refractivity contribution in [3.63, 3.8) is 0 Å². The number of aliphatic hydroxyl groups is 1. The van der Waals surface area contributed by atoms with Gasteiger partial charge in [-0.1, -0.05) is 34.6 Å². The van der Waals surface area contributed by atoms with Crippen molar-refractivity contribution >= 4 is 0 Å². The van der Waals surface area contributed by atoms with Gasteiger partial charge in [0, 0.05) is 0 Å². The Kier molecular flexibility index (Phi) is 1.83. The molecule has 66 valence electrons. The lowest BCUT2D eigenvalue weighted by molar-refractivity contribution is -0.140. The Balaban J connectivity index is 2.67. The third-order valence-corrected chi connectivity index (χ3v) is 3.26. The highest BCUT2D eigenvalue weighted by Crippen LogP contribution is 2.54. The third kappa shape index (κ3) is 1.31. The van der Waals surface area contributed by atoms with Crippen LogP contribution in [0.25, 0.3) is 0 Å². The minimum atomic E-state index is -0.0771. The molecule has 1 aliphatic carbocycles. The van der Waals surface area contributed by atoms with E-state index in [9.17, 15) is 5.11 Å². The number of hydrogen-bond donors (Lipinski definition) is 1. The molecule has 0 aliphatic heterocycles. The van der Waals surface area contributed by atoms with Gasteiger partial charge in [-0.2, -0.15) is 0 Å². The molecule has 0 bridgehead atoms. The van der Waals surface area contributed by atoms with Gasteiger partial charge in [0.05, 0.1) is 6.10 Å². The van der Waals surface area contributed by atoms with Crippen LogP contribution in [0.1, 0.15) is 41.0 Å². The van der Waals surface area contributed by atoms with Crippen molar-refractivity contribution in [1.82, 2.24) is 0 Å². The van der Waals surface area contributed by atoms with Crippen molar-refractivity contribution in [2.75, 3.05) is 0 Å².